The number of carbonyl (C=O) groups excluding carboxylic acids is 2. The first-order chi connectivity index (χ1) is 13.7. The Hall–Kier alpha value is -2.77. The smallest absolute Gasteiger partial charge is 0.408 e. The Bertz CT molecular complexity index is 782. The molecule has 0 bridgehead atoms. The molecule has 2 amide bonds. The number of methoxy groups -OCH3 is 1. The molecule has 0 unspecified atom stereocenters. The summed E-state index contributed by atoms with van der Waals surface area (Å²) in [6.07, 6.45) is -0.520. The van der Waals surface area contributed by atoms with Crippen molar-refractivity contribution in [2.24, 2.45) is 5.41 Å². The van der Waals surface area contributed by atoms with Gasteiger partial charge in [0.05, 0.1) is 12.5 Å². The summed E-state index contributed by atoms with van der Waals surface area (Å²) < 4.78 is 10.5. The van der Waals surface area contributed by atoms with Gasteiger partial charge in [-0.25, -0.2) is 4.79 Å². The number of carboxylic acids is 1. The number of alkyl carbamates (subject to hydrolysis) is 1. The van der Waals surface area contributed by atoms with E-state index in [-0.39, 0.29) is 6.42 Å². The van der Waals surface area contributed by atoms with Crippen molar-refractivity contribution < 1.29 is 29.0 Å². The normalized spacial score (nSPS) is 13.7. The van der Waals surface area contributed by atoms with Gasteiger partial charge < -0.3 is 25.2 Å². The minimum Gasteiger partial charge on any atom is -0.496 e. The van der Waals surface area contributed by atoms with Gasteiger partial charge in [-0.05, 0) is 65.7 Å². The van der Waals surface area contributed by atoms with Gasteiger partial charge in [-0.3, -0.25) is 9.59 Å². The summed E-state index contributed by atoms with van der Waals surface area (Å²) in [7, 11) is 1.58. The summed E-state index contributed by atoms with van der Waals surface area (Å²) in [5, 5.41) is 14.7. The number of nitrogens with one attached hydrogen (secondary N) is 2. The van der Waals surface area contributed by atoms with Crippen molar-refractivity contribution in [3.8, 4) is 5.75 Å². The van der Waals surface area contributed by atoms with Crippen LogP contribution in [0, 0.1) is 12.3 Å². The second-order valence-corrected chi connectivity index (χ2v) is 8.96. The Morgan fingerprint density at radius 1 is 1.10 bits per heavy atom. The number of rotatable bonds is 8. The van der Waals surface area contributed by atoms with E-state index in [1.807, 2.05) is 19.1 Å². The topological polar surface area (TPSA) is 114 Å². The van der Waals surface area contributed by atoms with Crippen LogP contribution in [-0.4, -0.2) is 47.9 Å². The van der Waals surface area contributed by atoms with Gasteiger partial charge in [0.2, 0.25) is 5.91 Å². The predicted molar refractivity (Wildman–Crippen MR) is 114 cm³/mol. The van der Waals surface area contributed by atoms with E-state index in [4.69, 9.17) is 9.47 Å². The molecule has 0 spiro atoms. The molecule has 2 atom stereocenters. The quantitative estimate of drug-likeness (QED) is 0.593. The highest BCUT2D eigenvalue weighted by atomic mass is 16.6. The van der Waals surface area contributed by atoms with Gasteiger partial charge >= 0.3 is 12.1 Å². The molecular formula is C22H34N2O6. The van der Waals surface area contributed by atoms with Crippen molar-refractivity contribution in [1.82, 2.24) is 10.6 Å². The summed E-state index contributed by atoms with van der Waals surface area (Å²) in [5.74, 6) is -0.800. The van der Waals surface area contributed by atoms with Crippen LogP contribution in [0.15, 0.2) is 18.2 Å². The molecule has 0 fully saturated rings. The van der Waals surface area contributed by atoms with E-state index in [0.29, 0.717) is 0 Å². The van der Waals surface area contributed by atoms with Crippen LogP contribution in [0.3, 0.4) is 0 Å². The second-order valence-electron chi connectivity index (χ2n) is 8.96. The van der Waals surface area contributed by atoms with Crippen LogP contribution in [0.25, 0.3) is 0 Å². The fourth-order valence-corrected chi connectivity index (χ4v) is 2.64. The van der Waals surface area contributed by atoms with Gasteiger partial charge in [-0.1, -0.05) is 12.1 Å². The number of hydrogen-bond donors (Lipinski definition) is 3. The first-order valence-corrected chi connectivity index (χ1v) is 9.84. The number of amides is 2. The maximum atomic E-state index is 12.9. The van der Waals surface area contributed by atoms with Crippen molar-refractivity contribution in [2.75, 3.05) is 7.11 Å². The molecule has 0 aromatic heterocycles. The average molecular weight is 423 g/mol. The lowest BCUT2D eigenvalue weighted by atomic mass is 9.85. The largest absolute Gasteiger partial charge is 0.496 e. The molecular weight excluding hydrogens is 388 g/mol. The molecule has 1 aromatic carbocycles. The van der Waals surface area contributed by atoms with Crippen molar-refractivity contribution in [1.29, 1.82) is 0 Å². The molecule has 8 heteroatoms. The molecule has 0 saturated heterocycles. The number of hydrogen-bond acceptors (Lipinski definition) is 5. The average Bonchev–Trinajstić information content (AvgIpc) is 2.59. The summed E-state index contributed by atoms with van der Waals surface area (Å²) in [6, 6.07) is 3.87. The summed E-state index contributed by atoms with van der Waals surface area (Å²) in [5.41, 5.74) is -0.190. The Morgan fingerprint density at radius 2 is 1.70 bits per heavy atom. The zero-order valence-electron chi connectivity index (χ0n) is 19.1. The minimum atomic E-state index is -1.18. The van der Waals surface area contributed by atoms with E-state index in [0.717, 1.165) is 16.9 Å². The standard InChI is InChI=1S/C22H34N2O6/c1-13-11-15(9-10-17(13)29-8)12-16(24-20(28)30-21(3,4)5)18(25)23-14(2)22(6,7)19(26)27/h9-11,14,16H,12H2,1-8H3,(H,23,25)(H,24,28)(H,26,27)/t14-,16+/m0/s1. The maximum absolute atomic E-state index is 12.9. The third kappa shape index (κ3) is 7.24. The van der Waals surface area contributed by atoms with Crippen molar-refractivity contribution >= 4 is 18.0 Å². The molecule has 0 radical (unpaired) electrons. The number of aliphatic carboxylic acids is 1. The van der Waals surface area contributed by atoms with Gasteiger partial charge in [0.15, 0.2) is 0 Å². The van der Waals surface area contributed by atoms with Gasteiger partial charge in [0.1, 0.15) is 17.4 Å². The van der Waals surface area contributed by atoms with E-state index in [2.05, 4.69) is 10.6 Å². The van der Waals surface area contributed by atoms with Crippen molar-refractivity contribution in [2.45, 2.75) is 72.6 Å². The van der Waals surface area contributed by atoms with Crippen LogP contribution in [0.1, 0.15) is 52.7 Å². The Balaban J connectivity index is 3.07. The van der Waals surface area contributed by atoms with Gasteiger partial charge in [0.25, 0.3) is 0 Å². The predicted octanol–water partition coefficient (Wildman–Crippen LogP) is 3.05. The zero-order valence-corrected chi connectivity index (χ0v) is 19.1. The highest BCUT2D eigenvalue weighted by Crippen LogP contribution is 2.22. The Kier molecular flexibility index (Phi) is 8.27. The fraction of sp³-hybridized carbons (Fsp3) is 0.591. The summed E-state index contributed by atoms with van der Waals surface area (Å²) in [6.45, 7) is 11.8. The van der Waals surface area contributed by atoms with E-state index >= 15 is 0 Å². The van der Waals surface area contributed by atoms with Gasteiger partial charge in [-0.2, -0.15) is 0 Å². The molecule has 0 aliphatic carbocycles. The third-order valence-corrected chi connectivity index (χ3v) is 4.90. The highest BCUT2D eigenvalue weighted by molar-refractivity contribution is 5.87. The number of ether oxygens (including phenoxy) is 2. The van der Waals surface area contributed by atoms with E-state index in [1.165, 1.54) is 13.8 Å². The SMILES string of the molecule is COc1ccc(C[C@@H](NC(=O)OC(C)(C)C)C(=O)N[C@@H](C)C(C)(C)C(=O)O)cc1C. The van der Waals surface area contributed by atoms with Gasteiger partial charge in [-0.15, -0.1) is 0 Å². The second kappa shape index (κ2) is 9.82. The molecule has 0 aliphatic heterocycles. The number of benzene rings is 1. The van der Waals surface area contributed by atoms with Crippen molar-refractivity contribution in [3.63, 3.8) is 0 Å². The van der Waals surface area contributed by atoms with E-state index < -0.39 is 41.1 Å². The van der Waals surface area contributed by atoms with Crippen LogP contribution in [-0.2, 0) is 20.7 Å². The Morgan fingerprint density at radius 3 is 2.17 bits per heavy atom. The minimum absolute atomic E-state index is 0.204. The lowest BCUT2D eigenvalue weighted by Gasteiger charge is -2.30. The molecule has 168 valence electrons. The monoisotopic (exact) mass is 422 g/mol. The molecule has 3 N–H and O–H groups in total. The van der Waals surface area contributed by atoms with Crippen molar-refractivity contribution in [3.05, 3.63) is 29.3 Å². The number of carboxylic acid groups (broad SMARTS) is 1. The molecule has 1 rings (SSSR count). The molecule has 8 nitrogen and oxygen atoms in total. The van der Waals surface area contributed by atoms with Crippen LogP contribution in [0.4, 0.5) is 4.79 Å². The zero-order chi connectivity index (χ0) is 23.3. The molecule has 0 heterocycles. The first-order valence-electron chi connectivity index (χ1n) is 9.84. The van der Waals surface area contributed by atoms with E-state index in [1.54, 1.807) is 40.9 Å². The lowest BCUT2D eigenvalue weighted by Crippen LogP contribution is -2.55. The van der Waals surface area contributed by atoms with Crippen LogP contribution in [0.5, 0.6) is 5.75 Å². The molecule has 0 aliphatic rings. The lowest BCUT2D eigenvalue weighted by molar-refractivity contribution is -0.148. The van der Waals surface area contributed by atoms with E-state index in [9.17, 15) is 19.5 Å². The summed E-state index contributed by atoms with van der Waals surface area (Å²) in [4.78, 5) is 36.7. The molecule has 1 aromatic rings. The Labute approximate surface area is 178 Å². The fourth-order valence-electron chi connectivity index (χ4n) is 2.64. The van der Waals surface area contributed by atoms with Crippen LogP contribution >= 0.6 is 0 Å². The number of aryl methyl sites for hydroxylation is 1. The molecule has 30 heavy (non-hydrogen) atoms. The first kappa shape index (κ1) is 25.3. The number of carbonyl (C=O) groups is 3. The van der Waals surface area contributed by atoms with Crippen LogP contribution < -0.4 is 15.4 Å². The van der Waals surface area contributed by atoms with Gasteiger partial charge in [0, 0.05) is 12.5 Å². The maximum Gasteiger partial charge on any atom is 0.408 e. The molecule has 0 saturated carbocycles. The highest BCUT2D eigenvalue weighted by Gasteiger charge is 2.36. The van der Waals surface area contributed by atoms with Crippen LogP contribution in [0.2, 0.25) is 0 Å². The summed E-state index contributed by atoms with van der Waals surface area (Å²) >= 11 is 0. The third-order valence-electron chi connectivity index (χ3n) is 4.90.